The van der Waals surface area contributed by atoms with Gasteiger partial charge in [-0.15, -0.1) is 0 Å². The van der Waals surface area contributed by atoms with Gasteiger partial charge in [0.25, 0.3) is 0 Å². The lowest BCUT2D eigenvalue weighted by Gasteiger charge is -2.45. The van der Waals surface area contributed by atoms with Crippen LogP contribution < -0.4 is 9.47 Å². The van der Waals surface area contributed by atoms with Crippen molar-refractivity contribution in [2.24, 2.45) is 10.8 Å². The lowest BCUT2D eigenvalue weighted by molar-refractivity contribution is -0.172. The highest BCUT2D eigenvalue weighted by Gasteiger charge is 2.41. The van der Waals surface area contributed by atoms with Crippen molar-refractivity contribution in [1.82, 2.24) is 0 Å². The van der Waals surface area contributed by atoms with E-state index in [1.807, 2.05) is 0 Å². The van der Waals surface area contributed by atoms with E-state index in [2.05, 4.69) is 64.1 Å². The lowest BCUT2D eigenvalue weighted by Crippen LogP contribution is -2.40. The van der Waals surface area contributed by atoms with Crippen molar-refractivity contribution in [2.75, 3.05) is 20.8 Å². The fourth-order valence-corrected chi connectivity index (χ4v) is 4.99. The molecular formula is C26H34O3. The molecule has 29 heavy (non-hydrogen) atoms. The molecule has 3 heteroatoms. The Bertz CT molecular complexity index is 823. The zero-order chi connectivity index (χ0) is 20.8. The molecule has 156 valence electrons. The predicted octanol–water partition coefficient (Wildman–Crippen LogP) is 6.30. The van der Waals surface area contributed by atoms with E-state index in [9.17, 15) is 0 Å². The number of methoxy groups -OCH3 is 2. The van der Waals surface area contributed by atoms with E-state index in [-0.39, 0.29) is 11.5 Å². The molecule has 1 saturated heterocycles. The van der Waals surface area contributed by atoms with Crippen molar-refractivity contribution >= 4 is 0 Å². The number of ether oxygens (including phenoxy) is 3. The third kappa shape index (κ3) is 3.66. The SMILES string of the molecule is COc1ccc(C2CCC2(C)C)cc1Cc1cc(C2OCC2(C)C)ccc1OC. The molecule has 2 aliphatic rings. The maximum atomic E-state index is 5.89. The summed E-state index contributed by atoms with van der Waals surface area (Å²) in [7, 11) is 3.50. The quantitative estimate of drug-likeness (QED) is 0.576. The van der Waals surface area contributed by atoms with Crippen molar-refractivity contribution in [3.05, 3.63) is 58.7 Å². The third-order valence-corrected chi connectivity index (χ3v) is 7.05. The van der Waals surface area contributed by atoms with Crippen molar-refractivity contribution in [3.8, 4) is 11.5 Å². The highest BCUT2D eigenvalue weighted by atomic mass is 16.5. The normalized spacial score (nSPS) is 24.3. The molecule has 0 radical (unpaired) electrons. The molecule has 2 unspecified atom stereocenters. The molecule has 0 N–H and O–H groups in total. The van der Waals surface area contributed by atoms with Crippen LogP contribution in [-0.2, 0) is 11.2 Å². The van der Waals surface area contributed by atoms with Crippen LogP contribution in [0.2, 0.25) is 0 Å². The average molecular weight is 395 g/mol. The van der Waals surface area contributed by atoms with Gasteiger partial charge in [0.05, 0.1) is 26.9 Å². The Kier molecular flexibility index (Phi) is 5.14. The van der Waals surface area contributed by atoms with Gasteiger partial charge >= 0.3 is 0 Å². The molecule has 4 rings (SSSR count). The van der Waals surface area contributed by atoms with Gasteiger partial charge in [-0.25, -0.2) is 0 Å². The molecule has 2 aromatic rings. The minimum absolute atomic E-state index is 0.149. The molecule has 0 amide bonds. The van der Waals surface area contributed by atoms with E-state index in [1.165, 1.54) is 35.1 Å². The van der Waals surface area contributed by atoms with E-state index in [4.69, 9.17) is 14.2 Å². The second-order valence-corrected chi connectivity index (χ2v) is 10.1. The van der Waals surface area contributed by atoms with E-state index < -0.39 is 0 Å². The van der Waals surface area contributed by atoms with Gasteiger partial charge in [-0.05, 0) is 64.6 Å². The summed E-state index contributed by atoms with van der Waals surface area (Å²) in [6.45, 7) is 10.1. The fourth-order valence-electron chi connectivity index (χ4n) is 4.99. The van der Waals surface area contributed by atoms with Crippen LogP contribution in [0.4, 0.5) is 0 Å². The molecule has 1 aliphatic carbocycles. The largest absolute Gasteiger partial charge is 0.496 e. The second kappa shape index (κ2) is 7.36. The Morgan fingerprint density at radius 1 is 0.862 bits per heavy atom. The number of hydrogen-bond acceptors (Lipinski definition) is 3. The van der Waals surface area contributed by atoms with Gasteiger partial charge in [0.1, 0.15) is 11.5 Å². The van der Waals surface area contributed by atoms with Crippen molar-refractivity contribution in [2.45, 2.75) is 59.0 Å². The summed E-state index contributed by atoms with van der Waals surface area (Å²) >= 11 is 0. The van der Waals surface area contributed by atoms with Crippen molar-refractivity contribution < 1.29 is 14.2 Å². The molecule has 0 aromatic heterocycles. The summed E-state index contributed by atoms with van der Waals surface area (Å²) < 4.78 is 17.3. The summed E-state index contributed by atoms with van der Waals surface area (Å²) in [5.41, 5.74) is 5.62. The Morgan fingerprint density at radius 2 is 1.45 bits per heavy atom. The average Bonchev–Trinajstić information content (AvgIpc) is 2.67. The minimum atomic E-state index is 0.149. The van der Waals surface area contributed by atoms with Crippen LogP contribution >= 0.6 is 0 Å². The predicted molar refractivity (Wildman–Crippen MR) is 117 cm³/mol. The zero-order valence-electron chi connectivity index (χ0n) is 18.7. The Morgan fingerprint density at radius 3 is 1.86 bits per heavy atom. The smallest absolute Gasteiger partial charge is 0.122 e. The van der Waals surface area contributed by atoms with Gasteiger partial charge < -0.3 is 14.2 Å². The Hall–Kier alpha value is -2.00. The molecule has 3 nitrogen and oxygen atoms in total. The number of hydrogen-bond donors (Lipinski definition) is 0. The van der Waals surface area contributed by atoms with E-state index in [1.54, 1.807) is 14.2 Å². The molecule has 2 fully saturated rings. The van der Waals surface area contributed by atoms with Gasteiger partial charge in [0.15, 0.2) is 0 Å². The maximum absolute atomic E-state index is 5.89. The first-order valence-corrected chi connectivity index (χ1v) is 10.7. The zero-order valence-corrected chi connectivity index (χ0v) is 18.7. The number of benzene rings is 2. The topological polar surface area (TPSA) is 27.7 Å². The summed E-state index contributed by atoms with van der Waals surface area (Å²) in [6, 6.07) is 13.2. The van der Waals surface area contributed by atoms with Gasteiger partial charge in [-0.1, -0.05) is 45.9 Å². The van der Waals surface area contributed by atoms with Gasteiger partial charge in [0.2, 0.25) is 0 Å². The maximum Gasteiger partial charge on any atom is 0.122 e. The summed E-state index contributed by atoms with van der Waals surface area (Å²) in [5, 5.41) is 0. The van der Waals surface area contributed by atoms with E-state index >= 15 is 0 Å². The van der Waals surface area contributed by atoms with Crippen molar-refractivity contribution in [3.63, 3.8) is 0 Å². The molecule has 1 saturated carbocycles. The molecule has 1 aliphatic heterocycles. The number of rotatable bonds is 6. The van der Waals surface area contributed by atoms with E-state index in [0.717, 1.165) is 24.5 Å². The van der Waals surface area contributed by atoms with Crippen LogP contribution in [0.15, 0.2) is 36.4 Å². The van der Waals surface area contributed by atoms with E-state index in [0.29, 0.717) is 11.3 Å². The first kappa shape index (κ1) is 20.3. The second-order valence-electron chi connectivity index (χ2n) is 10.1. The molecule has 0 spiro atoms. The lowest BCUT2D eigenvalue weighted by atomic mass is 9.60. The minimum Gasteiger partial charge on any atom is -0.496 e. The van der Waals surface area contributed by atoms with Crippen LogP contribution in [0.25, 0.3) is 0 Å². The van der Waals surface area contributed by atoms with Crippen molar-refractivity contribution in [1.29, 1.82) is 0 Å². The summed E-state index contributed by atoms with van der Waals surface area (Å²) in [6.07, 6.45) is 3.50. The Labute approximate surface area is 175 Å². The third-order valence-electron chi connectivity index (χ3n) is 7.05. The highest BCUT2D eigenvalue weighted by Crippen LogP contribution is 2.53. The Balaban J connectivity index is 1.67. The van der Waals surface area contributed by atoms with Crippen LogP contribution in [-0.4, -0.2) is 20.8 Å². The van der Waals surface area contributed by atoms with Crippen LogP contribution in [0, 0.1) is 10.8 Å². The van der Waals surface area contributed by atoms with Gasteiger partial charge in [0, 0.05) is 11.8 Å². The highest BCUT2D eigenvalue weighted by molar-refractivity contribution is 5.47. The van der Waals surface area contributed by atoms with Crippen LogP contribution in [0.1, 0.15) is 74.8 Å². The fraction of sp³-hybridized carbons (Fsp3) is 0.538. The summed E-state index contributed by atoms with van der Waals surface area (Å²) in [4.78, 5) is 0. The standard InChI is InChI=1S/C26H34O3/c1-25(2)12-11-21(25)17-7-9-22(27-5)19(13-17)15-20-14-18(8-10-23(20)28-6)24-26(3,4)16-29-24/h7-10,13-14,21,24H,11-12,15-16H2,1-6H3. The molecule has 1 heterocycles. The van der Waals surface area contributed by atoms with Crippen LogP contribution in [0.3, 0.4) is 0 Å². The summed E-state index contributed by atoms with van der Waals surface area (Å²) in [5.74, 6) is 2.49. The molecular weight excluding hydrogens is 360 g/mol. The first-order chi connectivity index (χ1) is 13.7. The molecule has 2 aromatic carbocycles. The van der Waals surface area contributed by atoms with Crippen LogP contribution in [0.5, 0.6) is 11.5 Å². The molecule has 0 bridgehead atoms. The van der Waals surface area contributed by atoms with Gasteiger partial charge in [-0.3, -0.25) is 0 Å². The first-order valence-electron chi connectivity index (χ1n) is 10.7. The molecule has 2 atom stereocenters. The monoisotopic (exact) mass is 394 g/mol. The van der Waals surface area contributed by atoms with Gasteiger partial charge in [-0.2, -0.15) is 0 Å².